The normalized spacial score (nSPS) is 12.0. The monoisotopic (exact) mass is 1010 g/mol. The van der Waals surface area contributed by atoms with Crippen molar-refractivity contribution < 1.29 is 28.6 Å². The minimum Gasteiger partial charge on any atom is -0.462 e. The van der Waals surface area contributed by atoms with Gasteiger partial charge in [0.05, 0.1) is 0 Å². The Morgan fingerprint density at radius 3 is 0.694 bits per heavy atom. The van der Waals surface area contributed by atoms with Gasteiger partial charge in [-0.1, -0.05) is 322 Å². The summed E-state index contributed by atoms with van der Waals surface area (Å²) < 4.78 is 16.9. The molecule has 0 bridgehead atoms. The van der Waals surface area contributed by atoms with Gasteiger partial charge in [0.25, 0.3) is 0 Å². The Kier molecular flexibility index (Phi) is 60.1. The van der Waals surface area contributed by atoms with Crippen molar-refractivity contribution in [2.45, 2.75) is 380 Å². The number of hydrogen-bond donors (Lipinski definition) is 0. The zero-order valence-electron chi connectivity index (χ0n) is 49.0. The van der Waals surface area contributed by atoms with Crippen LogP contribution in [0, 0.1) is 0 Å². The second kappa shape index (κ2) is 61.7. The molecule has 0 saturated carbocycles. The largest absolute Gasteiger partial charge is 0.462 e. The molecule has 0 saturated heterocycles. The number of ether oxygens (including phenoxy) is 3. The van der Waals surface area contributed by atoms with Gasteiger partial charge in [-0.25, -0.2) is 0 Å². The molecule has 0 fully saturated rings. The van der Waals surface area contributed by atoms with E-state index in [1.165, 1.54) is 276 Å². The summed E-state index contributed by atoms with van der Waals surface area (Å²) in [6, 6.07) is 0. The standard InChI is InChI=1S/C66H126O6/c1-4-7-10-13-16-19-21-23-25-27-29-31-32-33-35-36-38-40-42-44-47-50-53-56-59-65(68)71-62-63(61-70-64(67)58-55-52-49-46-18-15-12-9-6-3)72-66(69)60-57-54-51-48-45-43-41-39-37-34-30-28-26-24-22-20-17-14-11-8-5-2/h28,30,63H,4-27,29,31-62H2,1-3H3/b30-28-. The molecule has 0 radical (unpaired) electrons. The van der Waals surface area contributed by atoms with Gasteiger partial charge in [0.2, 0.25) is 0 Å². The summed E-state index contributed by atoms with van der Waals surface area (Å²) in [6.07, 6.45) is 72.4. The molecule has 0 rings (SSSR count). The van der Waals surface area contributed by atoms with Crippen molar-refractivity contribution in [2.75, 3.05) is 13.2 Å². The van der Waals surface area contributed by atoms with Crippen LogP contribution in [0.1, 0.15) is 374 Å². The van der Waals surface area contributed by atoms with E-state index in [-0.39, 0.29) is 31.1 Å². The third kappa shape index (κ3) is 59.0. The minimum absolute atomic E-state index is 0.0646. The minimum atomic E-state index is -0.766. The van der Waals surface area contributed by atoms with E-state index >= 15 is 0 Å². The third-order valence-electron chi connectivity index (χ3n) is 15.0. The first-order valence-corrected chi connectivity index (χ1v) is 32.7. The summed E-state index contributed by atoms with van der Waals surface area (Å²) in [5, 5.41) is 0. The van der Waals surface area contributed by atoms with Crippen LogP contribution < -0.4 is 0 Å². The van der Waals surface area contributed by atoms with E-state index in [1.54, 1.807) is 0 Å². The lowest BCUT2D eigenvalue weighted by atomic mass is 10.0. The van der Waals surface area contributed by atoms with E-state index in [2.05, 4.69) is 32.9 Å². The highest BCUT2D eigenvalue weighted by molar-refractivity contribution is 5.71. The Morgan fingerprint density at radius 1 is 0.264 bits per heavy atom. The van der Waals surface area contributed by atoms with Gasteiger partial charge in [-0.05, 0) is 44.9 Å². The van der Waals surface area contributed by atoms with Crippen LogP contribution in [-0.2, 0) is 28.6 Å². The van der Waals surface area contributed by atoms with Gasteiger partial charge in [0, 0.05) is 19.3 Å². The Bertz CT molecular complexity index is 1120. The number of carbonyl (C=O) groups excluding carboxylic acids is 3. The van der Waals surface area contributed by atoms with Crippen LogP contribution in [0.5, 0.6) is 0 Å². The molecule has 1 atom stereocenters. The first-order valence-electron chi connectivity index (χ1n) is 32.7. The van der Waals surface area contributed by atoms with Gasteiger partial charge in [-0.15, -0.1) is 0 Å². The molecule has 72 heavy (non-hydrogen) atoms. The van der Waals surface area contributed by atoms with E-state index in [0.29, 0.717) is 19.3 Å². The predicted octanol–water partition coefficient (Wildman–Crippen LogP) is 22.1. The highest BCUT2D eigenvalue weighted by atomic mass is 16.6. The number of carbonyl (C=O) groups is 3. The van der Waals surface area contributed by atoms with E-state index < -0.39 is 6.10 Å². The summed E-state index contributed by atoms with van der Waals surface area (Å²) in [7, 11) is 0. The quantitative estimate of drug-likeness (QED) is 0.0261. The molecule has 0 aromatic heterocycles. The fourth-order valence-corrected chi connectivity index (χ4v) is 10.1. The van der Waals surface area contributed by atoms with E-state index in [0.717, 1.165) is 57.8 Å². The van der Waals surface area contributed by atoms with Gasteiger partial charge in [-0.2, -0.15) is 0 Å². The first-order chi connectivity index (χ1) is 35.5. The average molecular weight is 1020 g/mol. The molecule has 0 aliphatic carbocycles. The smallest absolute Gasteiger partial charge is 0.306 e. The van der Waals surface area contributed by atoms with Crippen LogP contribution in [0.3, 0.4) is 0 Å². The molecule has 6 heteroatoms. The summed E-state index contributed by atoms with van der Waals surface area (Å²) in [5.41, 5.74) is 0. The number of allylic oxidation sites excluding steroid dienone is 2. The number of hydrogen-bond acceptors (Lipinski definition) is 6. The summed E-state index contributed by atoms with van der Waals surface area (Å²) in [5.74, 6) is -0.841. The molecule has 1 unspecified atom stereocenters. The zero-order chi connectivity index (χ0) is 52.2. The first kappa shape index (κ1) is 70.1. The molecular formula is C66H126O6. The van der Waals surface area contributed by atoms with Crippen molar-refractivity contribution in [3.63, 3.8) is 0 Å². The fourth-order valence-electron chi connectivity index (χ4n) is 10.1. The van der Waals surface area contributed by atoms with Gasteiger partial charge in [0.15, 0.2) is 6.10 Å². The second-order valence-corrected chi connectivity index (χ2v) is 22.4. The molecule has 0 aliphatic heterocycles. The van der Waals surface area contributed by atoms with Crippen LogP contribution in [0.4, 0.5) is 0 Å². The molecule has 0 heterocycles. The lowest BCUT2D eigenvalue weighted by Gasteiger charge is -2.18. The zero-order valence-corrected chi connectivity index (χ0v) is 49.0. The van der Waals surface area contributed by atoms with Crippen molar-refractivity contribution >= 4 is 17.9 Å². The van der Waals surface area contributed by atoms with Crippen LogP contribution in [0.15, 0.2) is 12.2 Å². The number of unbranched alkanes of at least 4 members (excludes halogenated alkanes) is 48. The average Bonchev–Trinajstić information content (AvgIpc) is 3.38. The lowest BCUT2D eigenvalue weighted by Crippen LogP contribution is -2.30. The van der Waals surface area contributed by atoms with Crippen LogP contribution in [0.2, 0.25) is 0 Å². The predicted molar refractivity (Wildman–Crippen MR) is 312 cm³/mol. The van der Waals surface area contributed by atoms with E-state index in [9.17, 15) is 14.4 Å². The molecule has 426 valence electrons. The molecule has 0 aromatic rings. The third-order valence-corrected chi connectivity index (χ3v) is 15.0. The Balaban J connectivity index is 4.14. The van der Waals surface area contributed by atoms with E-state index in [4.69, 9.17) is 14.2 Å². The summed E-state index contributed by atoms with van der Waals surface area (Å²) in [6.45, 7) is 6.69. The van der Waals surface area contributed by atoms with Crippen molar-refractivity contribution in [3.05, 3.63) is 12.2 Å². The Morgan fingerprint density at radius 2 is 0.458 bits per heavy atom. The van der Waals surface area contributed by atoms with Crippen LogP contribution >= 0.6 is 0 Å². The Labute approximate surface area is 450 Å². The molecule has 0 aliphatic rings. The molecule has 0 spiro atoms. The second-order valence-electron chi connectivity index (χ2n) is 22.4. The highest BCUT2D eigenvalue weighted by Gasteiger charge is 2.19. The van der Waals surface area contributed by atoms with Gasteiger partial charge < -0.3 is 14.2 Å². The number of esters is 3. The van der Waals surface area contributed by atoms with Crippen LogP contribution in [0.25, 0.3) is 0 Å². The van der Waals surface area contributed by atoms with E-state index in [1.807, 2.05) is 0 Å². The van der Waals surface area contributed by atoms with Crippen molar-refractivity contribution in [2.24, 2.45) is 0 Å². The van der Waals surface area contributed by atoms with Gasteiger partial charge in [0.1, 0.15) is 13.2 Å². The molecule has 0 N–H and O–H groups in total. The molecule has 6 nitrogen and oxygen atoms in total. The Hall–Kier alpha value is -1.85. The molecular weight excluding hydrogens is 889 g/mol. The lowest BCUT2D eigenvalue weighted by molar-refractivity contribution is -0.167. The van der Waals surface area contributed by atoms with Gasteiger partial charge in [-0.3, -0.25) is 14.4 Å². The maximum absolute atomic E-state index is 12.9. The highest BCUT2D eigenvalue weighted by Crippen LogP contribution is 2.18. The summed E-state index contributed by atoms with van der Waals surface area (Å²) >= 11 is 0. The van der Waals surface area contributed by atoms with Crippen molar-refractivity contribution in [1.82, 2.24) is 0 Å². The summed E-state index contributed by atoms with van der Waals surface area (Å²) in [4.78, 5) is 38.2. The van der Waals surface area contributed by atoms with Gasteiger partial charge >= 0.3 is 17.9 Å². The van der Waals surface area contributed by atoms with Crippen LogP contribution in [-0.4, -0.2) is 37.2 Å². The molecule has 0 amide bonds. The number of rotatable bonds is 61. The SMILES string of the molecule is CCCCCCCCCC/C=C\CCCCCCCCCCCC(=O)OC(COC(=O)CCCCCCCCCCC)COC(=O)CCCCCCCCCCCCCCCCCCCCCCCCCC. The molecule has 0 aromatic carbocycles. The topological polar surface area (TPSA) is 78.9 Å². The maximum Gasteiger partial charge on any atom is 0.306 e. The van der Waals surface area contributed by atoms with Crippen molar-refractivity contribution in [1.29, 1.82) is 0 Å². The van der Waals surface area contributed by atoms with Crippen molar-refractivity contribution in [3.8, 4) is 0 Å². The fraction of sp³-hybridized carbons (Fsp3) is 0.924. The maximum atomic E-state index is 12.9.